The van der Waals surface area contributed by atoms with Crippen molar-refractivity contribution >= 4 is 0 Å². The topological polar surface area (TPSA) is 42.6 Å². The van der Waals surface area contributed by atoms with E-state index in [1.807, 2.05) is 0 Å². The van der Waals surface area contributed by atoms with Crippen LogP contribution in [0.25, 0.3) is 0 Å². The maximum absolute atomic E-state index is 3.67. The molecule has 0 saturated carbocycles. The molecule has 1 aromatic rings. The molecule has 120 valence electrons. The average molecular weight is 301 g/mol. The highest BCUT2D eigenvalue weighted by Crippen LogP contribution is 2.26. The molecule has 3 aliphatic heterocycles. The molecule has 0 radical (unpaired) electrons. The summed E-state index contributed by atoms with van der Waals surface area (Å²) in [4.78, 5) is 2.63. The summed E-state index contributed by atoms with van der Waals surface area (Å²) in [5.41, 5.74) is 6.32. The number of benzene rings is 1. The fourth-order valence-corrected chi connectivity index (χ4v) is 4.09. The molecule has 1 aromatic carbocycles. The second-order valence-corrected chi connectivity index (χ2v) is 6.86. The Balaban J connectivity index is 1.44. The first-order valence-electron chi connectivity index (χ1n) is 8.58. The zero-order valence-electron chi connectivity index (χ0n) is 13.4. The third-order valence-electron chi connectivity index (χ3n) is 5.31. The number of fused-ring (bicyclic) bond motifs is 1. The van der Waals surface area contributed by atoms with Crippen LogP contribution in [0.2, 0.25) is 0 Å². The van der Waals surface area contributed by atoms with Crippen LogP contribution in [0.4, 0.5) is 0 Å². The van der Waals surface area contributed by atoms with Gasteiger partial charge in [-0.2, -0.15) is 0 Å². The molecule has 3 N–H and O–H groups in total. The normalized spacial score (nSPS) is 33.2. The summed E-state index contributed by atoms with van der Waals surface area (Å²) in [7, 11) is 0. The number of hydrazine groups is 1. The summed E-state index contributed by atoms with van der Waals surface area (Å²) in [6.45, 7) is 7.55. The van der Waals surface area contributed by atoms with Gasteiger partial charge >= 0.3 is 0 Å². The highest BCUT2D eigenvalue weighted by atomic mass is 15.6. The van der Waals surface area contributed by atoms with E-state index in [4.69, 9.17) is 0 Å². The molecule has 0 aromatic heterocycles. The summed E-state index contributed by atoms with van der Waals surface area (Å²) < 4.78 is 0. The molecule has 3 aliphatic rings. The minimum absolute atomic E-state index is 0.424. The molecule has 3 fully saturated rings. The van der Waals surface area contributed by atoms with Crippen molar-refractivity contribution in [2.75, 3.05) is 26.3 Å². The van der Waals surface area contributed by atoms with Crippen molar-refractivity contribution < 1.29 is 0 Å². The van der Waals surface area contributed by atoms with E-state index in [9.17, 15) is 0 Å². The van der Waals surface area contributed by atoms with Gasteiger partial charge in [-0.3, -0.25) is 21.0 Å². The predicted octanol–water partition coefficient (Wildman–Crippen LogP) is 0.830. The van der Waals surface area contributed by atoms with Crippen molar-refractivity contribution in [1.82, 2.24) is 26.0 Å². The SMILES string of the molecule is Cc1ccc(CN2NCC3C(N4CCCC4)NCNC32)cc1. The number of aryl methyl sites for hydroxylation is 1. The molecular formula is C17H27N5. The summed E-state index contributed by atoms with van der Waals surface area (Å²) in [6, 6.07) is 8.88. The molecular weight excluding hydrogens is 274 g/mol. The number of nitrogens with one attached hydrogen (secondary N) is 3. The van der Waals surface area contributed by atoms with E-state index >= 15 is 0 Å². The summed E-state index contributed by atoms with van der Waals surface area (Å²) in [6.07, 6.45) is 3.64. The molecule has 3 heterocycles. The Hall–Kier alpha value is -0.980. The standard InChI is InChI=1S/C17H27N5/c1-13-4-6-14(7-5-13)11-22-17-15(10-20-22)16(18-12-19-17)21-8-2-3-9-21/h4-7,15-20H,2-3,8-12H2,1H3. The zero-order valence-corrected chi connectivity index (χ0v) is 13.4. The minimum atomic E-state index is 0.424. The van der Waals surface area contributed by atoms with Crippen LogP contribution >= 0.6 is 0 Å². The largest absolute Gasteiger partial charge is 0.289 e. The highest BCUT2D eigenvalue weighted by molar-refractivity contribution is 5.21. The molecule has 0 spiro atoms. The second kappa shape index (κ2) is 6.26. The van der Waals surface area contributed by atoms with Crippen LogP contribution in [0.3, 0.4) is 0 Å². The van der Waals surface area contributed by atoms with Gasteiger partial charge in [0.15, 0.2) is 0 Å². The summed E-state index contributed by atoms with van der Waals surface area (Å²) >= 11 is 0. The van der Waals surface area contributed by atoms with Gasteiger partial charge in [0.1, 0.15) is 0 Å². The summed E-state index contributed by atoms with van der Waals surface area (Å²) in [5, 5.41) is 9.70. The monoisotopic (exact) mass is 301 g/mol. The number of nitrogens with zero attached hydrogens (tertiary/aromatic N) is 2. The first kappa shape index (κ1) is 14.6. The van der Waals surface area contributed by atoms with Crippen molar-refractivity contribution in [2.45, 2.75) is 38.6 Å². The molecule has 3 unspecified atom stereocenters. The molecule has 4 rings (SSSR count). The number of hydrogen-bond acceptors (Lipinski definition) is 5. The lowest BCUT2D eigenvalue weighted by molar-refractivity contribution is 0.0456. The molecule has 0 bridgehead atoms. The Morgan fingerprint density at radius 3 is 2.55 bits per heavy atom. The van der Waals surface area contributed by atoms with Crippen molar-refractivity contribution in [3.63, 3.8) is 0 Å². The Bertz CT molecular complexity index is 496. The lowest BCUT2D eigenvalue weighted by Gasteiger charge is -2.41. The van der Waals surface area contributed by atoms with Crippen LogP contribution in [0.15, 0.2) is 24.3 Å². The molecule has 0 amide bonds. The Labute approximate surface area is 133 Å². The van der Waals surface area contributed by atoms with Gasteiger partial charge in [-0.15, -0.1) is 0 Å². The van der Waals surface area contributed by atoms with Crippen LogP contribution in [0.1, 0.15) is 24.0 Å². The predicted molar refractivity (Wildman–Crippen MR) is 87.7 cm³/mol. The number of rotatable bonds is 3. The molecule has 0 aliphatic carbocycles. The lowest BCUT2D eigenvalue weighted by Crippen LogP contribution is -2.64. The van der Waals surface area contributed by atoms with Gasteiger partial charge in [-0.05, 0) is 38.4 Å². The van der Waals surface area contributed by atoms with Crippen LogP contribution in [-0.2, 0) is 6.54 Å². The third kappa shape index (κ3) is 2.79. The number of likely N-dealkylation sites (tertiary alicyclic amines) is 1. The van der Waals surface area contributed by atoms with Crippen LogP contribution < -0.4 is 16.1 Å². The Morgan fingerprint density at radius 1 is 1.05 bits per heavy atom. The minimum Gasteiger partial charge on any atom is -0.289 e. The van der Waals surface area contributed by atoms with Gasteiger partial charge in [0.2, 0.25) is 0 Å². The van der Waals surface area contributed by atoms with E-state index in [0.717, 1.165) is 19.8 Å². The second-order valence-electron chi connectivity index (χ2n) is 6.86. The maximum atomic E-state index is 3.67. The van der Waals surface area contributed by atoms with Crippen molar-refractivity contribution in [3.8, 4) is 0 Å². The number of hydrogen-bond donors (Lipinski definition) is 3. The zero-order chi connectivity index (χ0) is 14.9. The van der Waals surface area contributed by atoms with E-state index < -0.39 is 0 Å². The Kier molecular flexibility index (Phi) is 4.15. The molecule has 5 nitrogen and oxygen atoms in total. The van der Waals surface area contributed by atoms with E-state index in [-0.39, 0.29) is 0 Å². The van der Waals surface area contributed by atoms with Crippen molar-refractivity contribution in [2.24, 2.45) is 5.92 Å². The van der Waals surface area contributed by atoms with E-state index in [1.165, 1.54) is 37.1 Å². The molecule has 5 heteroatoms. The van der Waals surface area contributed by atoms with Gasteiger partial charge in [0.25, 0.3) is 0 Å². The van der Waals surface area contributed by atoms with E-state index in [1.54, 1.807) is 0 Å². The first-order chi connectivity index (χ1) is 10.8. The lowest BCUT2D eigenvalue weighted by atomic mass is 10.0. The van der Waals surface area contributed by atoms with Crippen LogP contribution in [0, 0.1) is 12.8 Å². The Morgan fingerprint density at radius 2 is 1.77 bits per heavy atom. The molecule has 22 heavy (non-hydrogen) atoms. The van der Waals surface area contributed by atoms with Crippen LogP contribution in [0.5, 0.6) is 0 Å². The van der Waals surface area contributed by atoms with Gasteiger partial charge in [-0.25, -0.2) is 5.01 Å². The maximum Gasteiger partial charge on any atom is 0.0815 e. The van der Waals surface area contributed by atoms with E-state index in [0.29, 0.717) is 18.2 Å². The highest BCUT2D eigenvalue weighted by Gasteiger charge is 2.43. The van der Waals surface area contributed by atoms with Crippen LogP contribution in [-0.4, -0.2) is 48.5 Å². The van der Waals surface area contributed by atoms with Gasteiger partial charge < -0.3 is 0 Å². The van der Waals surface area contributed by atoms with Gasteiger partial charge in [0, 0.05) is 25.7 Å². The molecule has 3 saturated heterocycles. The third-order valence-corrected chi connectivity index (χ3v) is 5.31. The van der Waals surface area contributed by atoms with Crippen molar-refractivity contribution in [1.29, 1.82) is 0 Å². The fourth-order valence-electron chi connectivity index (χ4n) is 4.09. The fraction of sp³-hybridized carbons (Fsp3) is 0.647. The van der Waals surface area contributed by atoms with E-state index in [2.05, 4.69) is 57.2 Å². The molecule has 3 atom stereocenters. The smallest absolute Gasteiger partial charge is 0.0815 e. The average Bonchev–Trinajstić information content (AvgIpc) is 3.20. The van der Waals surface area contributed by atoms with Crippen molar-refractivity contribution in [3.05, 3.63) is 35.4 Å². The first-order valence-corrected chi connectivity index (χ1v) is 8.58. The van der Waals surface area contributed by atoms with Gasteiger partial charge in [0.05, 0.1) is 12.3 Å². The van der Waals surface area contributed by atoms with Gasteiger partial charge in [-0.1, -0.05) is 29.8 Å². The quantitative estimate of drug-likeness (QED) is 0.772. The summed E-state index contributed by atoms with van der Waals surface area (Å²) in [5.74, 6) is 0.609.